The number of halogens is 1. The van der Waals surface area contributed by atoms with Crippen LogP contribution in [0.5, 0.6) is 5.75 Å². The van der Waals surface area contributed by atoms with Gasteiger partial charge >= 0.3 is 0 Å². The molecule has 0 saturated carbocycles. The van der Waals surface area contributed by atoms with Gasteiger partial charge < -0.3 is 5.11 Å². The molecule has 5 rings (SSSR count). The van der Waals surface area contributed by atoms with Crippen molar-refractivity contribution < 1.29 is 28.7 Å². The zero-order valence-corrected chi connectivity index (χ0v) is 18.4. The Morgan fingerprint density at radius 2 is 1.88 bits per heavy atom. The highest BCUT2D eigenvalue weighted by Gasteiger charge is 2.56. The molecule has 1 aliphatic heterocycles. The molecular weight excluding hydrogens is 425 g/mol. The third-order valence-corrected chi connectivity index (χ3v) is 7.41. The van der Waals surface area contributed by atoms with Gasteiger partial charge in [-0.1, -0.05) is 24.6 Å². The van der Waals surface area contributed by atoms with Crippen molar-refractivity contribution in [3.05, 3.63) is 64.0 Å². The first-order valence-electron chi connectivity index (χ1n) is 11.3. The number of aromatic hydroxyl groups is 1. The van der Waals surface area contributed by atoms with Crippen molar-refractivity contribution in [2.24, 2.45) is 17.8 Å². The molecule has 1 heterocycles. The summed E-state index contributed by atoms with van der Waals surface area (Å²) in [5.74, 6) is -4.52. The fourth-order valence-electron chi connectivity index (χ4n) is 5.95. The number of likely N-dealkylation sites (tertiary alicyclic amines) is 1. The molecule has 1 aromatic rings. The molecular formula is C26H24FNO5. The van der Waals surface area contributed by atoms with E-state index in [2.05, 4.69) is 0 Å². The minimum Gasteiger partial charge on any atom is -0.505 e. The van der Waals surface area contributed by atoms with Gasteiger partial charge in [-0.15, -0.1) is 0 Å². The van der Waals surface area contributed by atoms with Crippen LogP contribution in [0.4, 0.5) is 4.39 Å². The summed E-state index contributed by atoms with van der Waals surface area (Å²) in [6.45, 7) is 3.84. The quantitative estimate of drug-likeness (QED) is 0.434. The fourth-order valence-corrected chi connectivity index (χ4v) is 5.95. The Morgan fingerprint density at radius 3 is 2.58 bits per heavy atom. The number of nitrogens with zero attached hydrogens (tertiary/aromatic N) is 1. The van der Waals surface area contributed by atoms with Gasteiger partial charge in [0, 0.05) is 29.2 Å². The van der Waals surface area contributed by atoms with Gasteiger partial charge in [-0.25, -0.2) is 4.39 Å². The average molecular weight is 449 g/mol. The van der Waals surface area contributed by atoms with Crippen LogP contribution in [-0.4, -0.2) is 39.9 Å². The van der Waals surface area contributed by atoms with Crippen LogP contribution < -0.4 is 0 Å². The predicted octanol–water partition coefficient (Wildman–Crippen LogP) is 3.37. The van der Waals surface area contributed by atoms with E-state index in [-0.39, 0.29) is 29.8 Å². The van der Waals surface area contributed by atoms with Gasteiger partial charge in [0.1, 0.15) is 0 Å². The maximum absolute atomic E-state index is 14.3. The van der Waals surface area contributed by atoms with Gasteiger partial charge in [-0.3, -0.25) is 24.1 Å². The van der Waals surface area contributed by atoms with Crippen molar-refractivity contribution in [3.8, 4) is 5.75 Å². The fraction of sp³-hybridized carbons (Fsp3) is 0.385. The Bertz CT molecular complexity index is 1220. The molecule has 170 valence electrons. The van der Waals surface area contributed by atoms with Gasteiger partial charge in [0.25, 0.3) is 0 Å². The van der Waals surface area contributed by atoms with Gasteiger partial charge in [-0.05, 0) is 55.9 Å². The molecule has 0 radical (unpaired) electrons. The van der Waals surface area contributed by atoms with Gasteiger partial charge in [0.15, 0.2) is 23.1 Å². The average Bonchev–Trinajstić information content (AvgIpc) is 3.03. The molecule has 6 nitrogen and oxygen atoms in total. The Labute approximate surface area is 190 Å². The van der Waals surface area contributed by atoms with E-state index in [0.29, 0.717) is 41.7 Å². The van der Waals surface area contributed by atoms with Crippen molar-refractivity contribution >= 4 is 23.4 Å². The third kappa shape index (κ3) is 3.05. The molecule has 0 bridgehead atoms. The van der Waals surface area contributed by atoms with E-state index < -0.39 is 35.2 Å². The van der Waals surface area contributed by atoms with Crippen molar-refractivity contribution in [2.45, 2.75) is 39.0 Å². The van der Waals surface area contributed by atoms with E-state index in [1.807, 2.05) is 13.0 Å². The molecule has 4 aliphatic rings. The maximum atomic E-state index is 14.3. The molecule has 7 heteroatoms. The van der Waals surface area contributed by atoms with Crippen molar-refractivity contribution in [2.75, 3.05) is 6.54 Å². The lowest BCUT2D eigenvalue weighted by Gasteiger charge is -2.42. The van der Waals surface area contributed by atoms with Crippen LogP contribution in [0.3, 0.4) is 0 Å². The standard InChI is InChI=1S/C26H24FNO5/c1-3-8-28-25(32)15-6-5-14-16(22(15)26(28)33)11-17-20(30)9-12(2)24(31)23(17)21(14)13-4-7-19(29)18(27)10-13/h4-5,7,9-10,15-16,21-22,29H,3,6,8,11H2,1-2H3. The highest BCUT2D eigenvalue weighted by molar-refractivity contribution is 6.23. The molecule has 0 aromatic heterocycles. The molecule has 3 aliphatic carbocycles. The summed E-state index contributed by atoms with van der Waals surface area (Å²) >= 11 is 0. The van der Waals surface area contributed by atoms with Gasteiger partial charge in [0.05, 0.1) is 11.8 Å². The first-order valence-corrected chi connectivity index (χ1v) is 11.3. The smallest absolute Gasteiger partial charge is 0.233 e. The molecule has 0 spiro atoms. The first-order chi connectivity index (χ1) is 15.7. The number of allylic oxidation sites excluding steroid dienone is 6. The summed E-state index contributed by atoms with van der Waals surface area (Å²) in [7, 11) is 0. The normalized spacial score (nSPS) is 29.0. The number of benzene rings is 1. The highest BCUT2D eigenvalue weighted by atomic mass is 19.1. The van der Waals surface area contributed by atoms with Crippen LogP contribution in [0.15, 0.2) is 52.6 Å². The summed E-state index contributed by atoms with van der Waals surface area (Å²) in [5, 5.41) is 9.69. The third-order valence-electron chi connectivity index (χ3n) is 7.41. The summed E-state index contributed by atoms with van der Waals surface area (Å²) in [6.07, 6.45) is 4.43. The summed E-state index contributed by atoms with van der Waals surface area (Å²) in [5.41, 5.74) is 2.17. The zero-order valence-electron chi connectivity index (χ0n) is 18.4. The predicted molar refractivity (Wildman–Crippen MR) is 116 cm³/mol. The van der Waals surface area contributed by atoms with Crippen LogP contribution in [0.2, 0.25) is 0 Å². The van der Waals surface area contributed by atoms with E-state index in [9.17, 15) is 28.7 Å². The Morgan fingerprint density at radius 1 is 1.12 bits per heavy atom. The molecule has 33 heavy (non-hydrogen) atoms. The zero-order chi connectivity index (χ0) is 23.6. The number of phenols is 1. The monoisotopic (exact) mass is 449 g/mol. The molecule has 1 fully saturated rings. The lowest BCUT2D eigenvalue weighted by atomic mass is 9.59. The van der Waals surface area contributed by atoms with Crippen LogP contribution in [0.25, 0.3) is 0 Å². The lowest BCUT2D eigenvalue weighted by molar-refractivity contribution is -0.140. The van der Waals surface area contributed by atoms with E-state index in [0.717, 1.165) is 5.57 Å². The molecule has 1 saturated heterocycles. The maximum Gasteiger partial charge on any atom is 0.233 e. The first kappa shape index (κ1) is 21.5. The number of fused-ring (bicyclic) bond motifs is 3. The summed E-state index contributed by atoms with van der Waals surface area (Å²) in [6, 6.07) is 3.95. The number of phenolic OH excluding ortho intramolecular Hbond substituents is 1. The number of imide groups is 1. The largest absolute Gasteiger partial charge is 0.505 e. The van der Waals surface area contributed by atoms with Gasteiger partial charge in [0.2, 0.25) is 11.8 Å². The Kier molecular flexibility index (Phi) is 4.96. The van der Waals surface area contributed by atoms with Crippen molar-refractivity contribution in [1.29, 1.82) is 0 Å². The van der Waals surface area contributed by atoms with Crippen LogP contribution in [-0.2, 0) is 19.2 Å². The number of rotatable bonds is 3. The number of hydrogen-bond acceptors (Lipinski definition) is 5. The van der Waals surface area contributed by atoms with Crippen LogP contribution >= 0.6 is 0 Å². The number of amides is 2. The molecule has 1 N–H and O–H groups in total. The van der Waals surface area contributed by atoms with E-state index in [4.69, 9.17) is 0 Å². The van der Waals surface area contributed by atoms with Gasteiger partial charge in [-0.2, -0.15) is 0 Å². The number of hydrogen-bond donors (Lipinski definition) is 1. The lowest BCUT2D eigenvalue weighted by Crippen LogP contribution is -2.39. The van der Waals surface area contributed by atoms with Crippen LogP contribution in [0.1, 0.15) is 44.6 Å². The highest BCUT2D eigenvalue weighted by Crippen LogP contribution is 2.55. The minimum atomic E-state index is -0.825. The number of Topliss-reactive ketones (excluding diaryl/α,β-unsaturated/α-hetero) is 1. The van der Waals surface area contributed by atoms with E-state index in [1.165, 1.54) is 23.1 Å². The number of carbonyl (C=O) groups excluding carboxylic acids is 4. The Hall–Kier alpha value is -3.35. The number of ketones is 2. The topological polar surface area (TPSA) is 91.8 Å². The second-order valence-corrected chi connectivity index (χ2v) is 9.27. The number of carbonyl (C=O) groups is 4. The molecule has 4 atom stereocenters. The molecule has 4 unspecified atom stereocenters. The van der Waals surface area contributed by atoms with E-state index >= 15 is 0 Å². The Balaban J connectivity index is 1.68. The minimum absolute atomic E-state index is 0.184. The molecule has 1 aromatic carbocycles. The second-order valence-electron chi connectivity index (χ2n) is 9.27. The van der Waals surface area contributed by atoms with Crippen LogP contribution in [0, 0.1) is 23.6 Å². The second kappa shape index (κ2) is 7.61. The summed E-state index contributed by atoms with van der Waals surface area (Å²) < 4.78 is 14.3. The van der Waals surface area contributed by atoms with Crippen molar-refractivity contribution in [1.82, 2.24) is 4.90 Å². The van der Waals surface area contributed by atoms with E-state index in [1.54, 1.807) is 13.0 Å². The summed E-state index contributed by atoms with van der Waals surface area (Å²) in [4.78, 5) is 53.8. The SMILES string of the molecule is CCCN1C(=O)C2CC=C3C(c4ccc(O)c(F)c4)C4=C(CC3C2C1=O)C(=O)C=C(C)C4=O. The van der Waals surface area contributed by atoms with Crippen molar-refractivity contribution in [3.63, 3.8) is 0 Å². The molecule has 2 amide bonds.